The van der Waals surface area contributed by atoms with Gasteiger partial charge in [-0.05, 0) is 25.8 Å². The Kier molecular flexibility index (Phi) is 2.68. The molecule has 0 saturated carbocycles. The summed E-state index contributed by atoms with van der Waals surface area (Å²) < 4.78 is 63.8. The summed E-state index contributed by atoms with van der Waals surface area (Å²) in [5.41, 5.74) is 2.88. The summed E-state index contributed by atoms with van der Waals surface area (Å²) in [5, 5.41) is 0. The Morgan fingerprint density at radius 3 is 3.00 bits per heavy atom. The molecule has 0 aliphatic carbocycles. The minimum Gasteiger partial charge on any atom is -0.475 e. The van der Waals surface area contributed by atoms with Crippen molar-refractivity contribution in [1.82, 2.24) is 9.97 Å². The van der Waals surface area contributed by atoms with Crippen LogP contribution >= 0.6 is 0 Å². The summed E-state index contributed by atoms with van der Waals surface area (Å²) in [6.07, 6.45) is -0.000653. The molecule has 0 atom stereocenters. The van der Waals surface area contributed by atoms with Gasteiger partial charge in [0.25, 0.3) is 0 Å². The zero-order valence-electron chi connectivity index (χ0n) is 20.5. The van der Waals surface area contributed by atoms with Gasteiger partial charge in [-0.15, -0.1) is 0 Å². The minimum atomic E-state index is -3.21. The monoisotopic (exact) mass is 345 g/mol. The molecule has 0 amide bonds. The van der Waals surface area contributed by atoms with E-state index in [9.17, 15) is 0 Å². The van der Waals surface area contributed by atoms with Crippen LogP contribution in [-0.2, 0) is 11.3 Å². The van der Waals surface area contributed by atoms with E-state index in [4.69, 9.17) is 19.1 Å². The first-order valence-electron chi connectivity index (χ1n) is 11.5. The van der Waals surface area contributed by atoms with Crippen LogP contribution in [0.3, 0.4) is 0 Å². The molecule has 25 heavy (non-hydrogen) atoms. The van der Waals surface area contributed by atoms with Crippen molar-refractivity contribution in [2.24, 2.45) is 4.99 Å². The van der Waals surface area contributed by atoms with Crippen LogP contribution in [0.25, 0.3) is 0 Å². The number of pyridine rings is 2. The van der Waals surface area contributed by atoms with Gasteiger partial charge >= 0.3 is 0 Å². The lowest BCUT2D eigenvalue weighted by Gasteiger charge is -2.28. The summed E-state index contributed by atoms with van der Waals surface area (Å²) in [5.74, 6) is 0.533. The van der Waals surface area contributed by atoms with Crippen molar-refractivity contribution >= 4 is 11.5 Å². The van der Waals surface area contributed by atoms with E-state index in [0.29, 0.717) is 31.0 Å². The van der Waals surface area contributed by atoms with Crippen molar-refractivity contribution in [3.63, 3.8) is 0 Å². The van der Waals surface area contributed by atoms with Crippen molar-refractivity contribution in [2.75, 3.05) is 31.2 Å². The van der Waals surface area contributed by atoms with E-state index in [1.807, 2.05) is 12.1 Å². The lowest BCUT2D eigenvalue weighted by atomic mass is 10.0. The van der Waals surface area contributed by atoms with E-state index in [-0.39, 0.29) is 5.88 Å². The zero-order valence-corrected chi connectivity index (χ0v) is 13.5. The maximum Gasteiger partial charge on any atom is 0.214 e. The first-order valence-corrected chi connectivity index (χ1v) is 8.01. The fourth-order valence-corrected chi connectivity index (χ4v) is 3.00. The van der Waals surface area contributed by atoms with Crippen LogP contribution in [0.5, 0.6) is 5.88 Å². The number of aromatic nitrogens is 2. The standard InChI is InChI=1S/C19H22N4O2/c1-13(2)25-18-10-16-15(11-21-18)12-22-19(16)14-3-4-20-17(9-14)23-5-7-24-8-6-23/h3-4,9-11,13H,5-8,12H2,1-2H3/i1D3,2D3,13D. The van der Waals surface area contributed by atoms with Crippen LogP contribution < -0.4 is 9.64 Å². The number of hydrogen-bond acceptors (Lipinski definition) is 6. The van der Waals surface area contributed by atoms with Gasteiger partial charge in [-0.25, -0.2) is 9.97 Å². The number of nitrogens with zero attached hydrogens (tertiary/aromatic N) is 4. The molecule has 2 aromatic rings. The van der Waals surface area contributed by atoms with Gasteiger partial charge < -0.3 is 14.4 Å². The Morgan fingerprint density at radius 2 is 2.16 bits per heavy atom. The molecule has 2 aliphatic heterocycles. The van der Waals surface area contributed by atoms with Crippen molar-refractivity contribution in [1.29, 1.82) is 0 Å². The maximum absolute atomic E-state index is 8.07. The van der Waals surface area contributed by atoms with E-state index in [1.54, 1.807) is 6.20 Å². The van der Waals surface area contributed by atoms with Crippen molar-refractivity contribution < 1.29 is 19.1 Å². The Morgan fingerprint density at radius 1 is 1.28 bits per heavy atom. The third-order valence-electron chi connectivity index (χ3n) is 4.18. The Balaban J connectivity index is 1.65. The molecule has 0 bridgehead atoms. The predicted molar refractivity (Wildman–Crippen MR) is 96.6 cm³/mol. The predicted octanol–water partition coefficient (Wildman–Crippen LogP) is 2.45. The Bertz CT molecular complexity index is 1020. The van der Waals surface area contributed by atoms with Gasteiger partial charge in [-0.3, -0.25) is 4.99 Å². The zero-order chi connectivity index (χ0) is 23.1. The second-order valence-corrected chi connectivity index (χ2v) is 5.78. The first-order chi connectivity index (χ1) is 15.0. The lowest BCUT2D eigenvalue weighted by molar-refractivity contribution is 0.122. The van der Waals surface area contributed by atoms with Gasteiger partial charge in [-0.1, -0.05) is 0 Å². The normalized spacial score (nSPS) is 22.3. The quantitative estimate of drug-likeness (QED) is 0.852. The van der Waals surface area contributed by atoms with E-state index in [0.717, 1.165) is 30.0 Å². The van der Waals surface area contributed by atoms with Crippen LogP contribution in [0.4, 0.5) is 5.82 Å². The molecule has 0 N–H and O–H groups in total. The van der Waals surface area contributed by atoms with Gasteiger partial charge in [0.1, 0.15) is 5.82 Å². The summed E-state index contributed by atoms with van der Waals surface area (Å²) in [7, 11) is 0. The average Bonchev–Trinajstić information content (AvgIpc) is 3.16. The largest absolute Gasteiger partial charge is 0.475 e. The highest BCUT2D eigenvalue weighted by atomic mass is 16.5. The molecule has 0 spiro atoms. The van der Waals surface area contributed by atoms with Crippen LogP contribution in [-0.4, -0.2) is 48.1 Å². The van der Waals surface area contributed by atoms with Gasteiger partial charge in [0.15, 0.2) is 0 Å². The van der Waals surface area contributed by atoms with Crippen LogP contribution in [0.15, 0.2) is 35.6 Å². The topological polar surface area (TPSA) is 59.8 Å². The molecule has 0 aromatic carbocycles. The molecule has 4 rings (SSSR count). The molecule has 1 fully saturated rings. The maximum atomic E-state index is 8.07. The second-order valence-electron chi connectivity index (χ2n) is 5.78. The van der Waals surface area contributed by atoms with Gasteiger partial charge in [0.05, 0.1) is 32.9 Å². The third kappa shape index (κ3) is 3.35. The Hall–Kier alpha value is -2.47. The highest BCUT2D eigenvalue weighted by Gasteiger charge is 2.21. The minimum absolute atomic E-state index is 0.261. The van der Waals surface area contributed by atoms with E-state index in [1.165, 1.54) is 12.3 Å². The molecule has 4 heterocycles. The molecular formula is C19H22N4O2. The molecule has 6 heteroatoms. The highest BCUT2D eigenvalue weighted by Crippen LogP contribution is 2.27. The number of morpholine rings is 1. The number of fused-ring (bicyclic) bond motifs is 1. The Labute approximate surface area is 157 Å². The molecular weight excluding hydrogens is 316 g/mol. The van der Waals surface area contributed by atoms with Crippen LogP contribution in [0.2, 0.25) is 0 Å². The number of rotatable bonds is 4. The summed E-state index contributed by atoms with van der Waals surface area (Å²) in [6.45, 7) is -3.33. The molecule has 130 valence electrons. The third-order valence-corrected chi connectivity index (χ3v) is 4.18. The molecule has 0 radical (unpaired) electrons. The fourth-order valence-electron chi connectivity index (χ4n) is 3.00. The molecule has 2 aliphatic rings. The lowest BCUT2D eigenvalue weighted by Crippen LogP contribution is -2.36. The summed E-state index contributed by atoms with van der Waals surface area (Å²) in [6, 6.07) is 5.18. The van der Waals surface area contributed by atoms with E-state index in [2.05, 4.69) is 19.9 Å². The number of ether oxygens (including phenoxy) is 2. The van der Waals surface area contributed by atoms with Crippen molar-refractivity contribution in [2.45, 2.75) is 26.3 Å². The van der Waals surface area contributed by atoms with Crippen LogP contribution in [0.1, 0.15) is 40.0 Å². The van der Waals surface area contributed by atoms with Gasteiger partial charge in [-0.2, -0.15) is 0 Å². The first kappa shape index (κ1) is 9.87. The fraction of sp³-hybridized carbons (Fsp3) is 0.421. The van der Waals surface area contributed by atoms with E-state index < -0.39 is 19.8 Å². The van der Waals surface area contributed by atoms with Gasteiger partial charge in [0, 0.05) is 56.5 Å². The second kappa shape index (κ2) is 6.80. The molecule has 2 aromatic heterocycles. The SMILES string of the molecule is [2H]C([2H])([2H])C([2H])(Oc1cc2c(cn1)CN=C2c1ccnc(N2CCOCC2)c1)C([2H])([2H])[2H]. The van der Waals surface area contributed by atoms with Crippen molar-refractivity contribution in [3.8, 4) is 5.88 Å². The summed E-state index contributed by atoms with van der Waals surface area (Å²) >= 11 is 0. The van der Waals surface area contributed by atoms with Crippen LogP contribution in [0, 0.1) is 0 Å². The molecule has 0 unspecified atom stereocenters. The van der Waals surface area contributed by atoms with Crippen molar-refractivity contribution in [3.05, 3.63) is 47.3 Å². The number of aliphatic imine (C=N–C) groups is 1. The van der Waals surface area contributed by atoms with E-state index >= 15 is 0 Å². The number of hydrogen-bond donors (Lipinski definition) is 0. The van der Waals surface area contributed by atoms with Gasteiger partial charge in [0.2, 0.25) is 5.88 Å². The smallest absolute Gasteiger partial charge is 0.214 e. The summed E-state index contributed by atoms with van der Waals surface area (Å²) in [4.78, 5) is 15.2. The highest BCUT2D eigenvalue weighted by molar-refractivity contribution is 6.15. The average molecular weight is 345 g/mol. The number of anilines is 1. The molecule has 6 nitrogen and oxygen atoms in total. The molecule has 1 saturated heterocycles.